The molecule has 0 radical (unpaired) electrons. The van der Waals surface area contributed by atoms with Gasteiger partial charge in [-0.15, -0.1) is 0 Å². The van der Waals surface area contributed by atoms with Crippen LogP contribution in [0.4, 0.5) is 0 Å². The number of thioether (sulfide) groups is 1. The van der Waals surface area contributed by atoms with E-state index in [0.717, 1.165) is 35.6 Å². The summed E-state index contributed by atoms with van der Waals surface area (Å²) in [6.45, 7) is 3.17. The third kappa shape index (κ3) is 4.74. The Kier molecular flexibility index (Phi) is 4.95. The highest BCUT2D eigenvalue weighted by molar-refractivity contribution is 7.98. The van der Waals surface area contributed by atoms with E-state index in [4.69, 9.17) is 9.52 Å². The Morgan fingerprint density at radius 2 is 2.24 bits per heavy atom. The number of hydrogen-bond acceptors (Lipinski definition) is 4. The molecule has 1 aromatic rings. The molecule has 1 atom stereocenters. The van der Waals surface area contributed by atoms with Gasteiger partial charge in [0, 0.05) is 12.6 Å². The first kappa shape index (κ1) is 13.0. The lowest BCUT2D eigenvalue weighted by Crippen LogP contribution is -2.14. The number of furan rings is 1. The minimum Gasteiger partial charge on any atom is -0.464 e. The fourth-order valence-corrected chi connectivity index (χ4v) is 2.52. The van der Waals surface area contributed by atoms with Crippen molar-refractivity contribution < 1.29 is 9.52 Å². The third-order valence-corrected chi connectivity index (χ3v) is 4.11. The molecule has 17 heavy (non-hydrogen) atoms. The topological polar surface area (TPSA) is 45.4 Å². The Morgan fingerprint density at radius 1 is 1.47 bits per heavy atom. The summed E-state index contributed by atoms with van der Waals surface area (Å²) in [5.74, 6) is 4.31. The maximum Gasteiger partial charge on any atom is 0.118 e. The molecule has 96 valence electrons. The molecule has 1 heterocycles. The molecule has 2 rings (SSSR count). The third-order valence-electron chi connectivity index (χ3n) is 2.82. The second-order valence-corrected chi connectivity index (χ2v) is 5.86. The standard InChI is InChI=1S/C13H21NO2S/c1-10(7-15)8-17-9-13-5-4-12(16-13)6-14-11-2-3-11/h4-5,10-11,14-15H,2-3,6-9H2,1H3. The molecule has 0 amide bonds. The van der Waals surface area contributed by atoms with Gasteiger partial charge in [0.2, 0.25) is 0 Å². The molecule has 0 aliphatic heterocycles. The van der Waals surface area contributed by atoms with Crippen LogP contribution in [0.3, 0.4) is 0 Å². The molecule has 1 unspecified atom stereocenters. The van der Waals surface area contributed by atoms with Crippen LogP contribution in [0.25, 0.3) is 0 Å². The maximum atomic E-state index is 8.92. The van der Waals surface area contributed by atoms with E-state index in [-0.39, 0.29) is 6.61 Å². The molecule has 0 aromatic carbocycles. The van der Waals surface area contributed by atoms with Crippen LogP contribution >= 0.6 is 11.8 Å². The first-order valence-electron chi connectivity index (χ1n) is 6.27. The first-order chi connectivity index (χ1) is 8.28. The Hall–Kier alpha value is -0.450. The average Bonchev–Trinajstić information content (AvgIpc) is 3.06. The van der Waals surface area contributed by atoms with Crippen LogP contribution in [0.15, 0.2) is 16.5 Å². The van der Waals surface area contributed by atoms with Crippen LogP contribution in [0, 0.1) is 5.92 Å². The smallest absolute Gasteiger partial charge is 0.118 e. The molecule has 0 saturated heterocycles. The predicted molar refractivity (Wildman–Crippen MR) is 71.0 cm³/mol. The largest absolute Gasteiger partial charge is 0.464 e. The van der Waals surface area contributed by atoms with Crippen molar-refractivity contribution in [3.63, 3.8) is 0 Å². The van der Waals surface area contributed by atoms with Crippen LogP contribution in [0.1, 0.15) is 31.3 Å². The monoisotopic (exact) mass is 255 g/mol. The van der Waals surface area contributed by atoms with E-state index < -0.39 is 0 Å². The summed E-state index contributed by atoms with van der Waals surface area (Å²) in [6, 6.07) is 4.84. The Labute approximate surface area is 107 Å². The van der Waals surface area contributed by atoms with E-state index in [9.17, 15) is 0 Å². The number of hydrogen-bond donors (Lipinski definition) is 2. The number of aliphatic hydroxyl groups is 1. The van der Waals surface area contributed by atoms with Gasteiger partial charge in [-0.3, -0.25) is 0 Å². The fourth-order valence-electron chi connectivity index (χ4n) is 1.54. The van der Waals surface area contributed by atoms with Crippen molar-refractivity contribution in [1.29, 1.82) is 0 Å². The Morgan fingerprint density at radius 3 is 2.94 bits per heavy atom. The minimum atomic E-state index is 0.266. The van der Waals surface area contributed by atoms with Crippen molar-refractivity contribution in [2.45, 2.75) is 38.1 Å². The number of rotatable bonds is 8. The fraction of sp³-hybridized carbons (Fsp3) is 0.692. The quantitative estimate of drug-likeness (QED) is 0.748. The zero-order valence-electron chi connectivity index (χ0n) is 10.3. The van der Waals surface area contributed by atoms with Crippen molar-refractivity contribution in [1.82, 2.24) is 5.32 Å². The van der Waals surface area contributed by atoms with E-state index in [2.05, 4.69) is 24.4 Å². The van der Waals surface area contributed by atoms with Gasteiger partial charge in [0.1, 0.15) is 11.5 Å². The van der Waals surface area contributed by atoms with Gasteiger partial charge in [-0.25, -0.2) is 0 Å². The second-order valence-electron chi connectivity index (χ2n) is 4.83. The van der Waals surface area contributed by atoms with E-state index >= 15 is 0 Å². The molecule has 1 aliphatic carbocycles. The highest BCUT2D eigenvalue weighted by atomic mass is 32.2. The summed E-state index contributed by atoms with van der Waals surface area (Å²) in [7, 11) is 0. The van der Waals surface area contributed by atoms with E-state index in [1.54, 1.807) is 0 Å². The zero-order chi connectivity index (χ0) is 12.1. The van der Waals surface area contributed by atoms with Crippen LogP contribution in [0.2, 0.25) is 0 Å². The lowest BCUT2D eigenvalue weighted by molar-refractivity contribution is 0.250. The highest BCUT2D eigenvalue weighted by Gasteiger charge is 2.20. The van der Waals surface area contributed by atoms with Crippen LogP contribution in [-0.2, 0) is 12.3 Å². The van der Waals surface area contributed by atoms with Crippen molar-refractivity contribution in [2.24, 2.45) is 5.92 Å². The van der Waals surface area contributed by atoms with Gasteiger partial charge in [-0.1, -0.05) is 6.92 Å². The van der Waals surface area contributed by atoms with E-state index in [0.29, 0.717) is 5.92 Å². The van der Waals surface area contributed by atoms with Crippen LogP contribution < -0.4 is 5.32 Å². The van der Waals surface area contributed by atoms with Crippen molar-refractivity contribution >= 4 is 11.8 Å². The van der Waals surface area contributed by atoms with Crippen molar-refractivity contribution in [3.05, 3.63) is 23.7 Å². The summed E-state index contributed by atoms with van der Waals surface area (Å²) >= 11 is 1.81. The molecule has 1 aromatic heterocycles. The summed E-state index contributed by atoms with van der Waals surface area (Å²) in [5.41, 5.74) is 0. The number of aliphatic hydroxyl groups excluding tert-OH is 1. The molecule has 1 saturated carbocycles. The summed E-state index contributed by atoms with van der Waals surface area (Å²) in [4.78, 5) is 0. The van der Waals surface area contributed by atoms with Gasteiger partial charge in [-0.05, 0) is 36.6 Å². The second kappa shape index (κ2) is 6.47. The Balaban J connectivity index is 1.66. The molecular formula is C13H21NO2S. The maximum absolute atomic E-state index is 8.92. The summed E-state index contributed by atoms with van der Waals surface area (Å²) in [6.07, 6.45) is 2.62. The van der Waals surface area contributed by atoms with Crippen LogP contribution in [0.5, 0.6) is 0 Å². The van der Waals surface area contributed by atoms with Crippen molar-refractivity contribution in [3.8, 4) is 0 Å². The lowest BCUT2D eigenvalue weighted by Gasteiger charge is -2.05. The predicted octanol–water partition coefficient (Wildman–Crippen LogP) is 2.39. The van der Waals surface area contributed by atoms with Gasteiger partial charge >= 0.3 is 0 Å². The molecule has 1 fully saturated rings. The lowest BCUT2D eigenvalue weighted by atomic mass is 10.2. The van der Waals surface area contributed by atoms with Gasteiger partial charge in [-0.2, -0.15) is 11.8 Å². The van der Waals surface area contributed by atoms with E-state index in [1.807, 2.05) is 11.8 Å². The van der Waals surface area contributed by atoms with Gasteiger partial charge in [0.05, 0.1) is 12.3 Å². The van der Waals surface area contributed by atoms with Gasteiger partial charge < -0.3 is 14.8 Å². The molecule has 0 bridgehead atoms. The molecule has 1 aliphatic rings. The van der Waals surface area contributed by atoms with Crippen LogP contribution in [-0.4, -0.2) is 23.5 Å². The SMILES string of the molecule is CC(CO)CSCc1ccc(CNC2CC2)o1. The number of nitrogens with one attached hydrogen (secondary N) is 1. The van der Waals surface area contributed by atoms with Gasteiger partial charge in [0.15, 0.2) is 0 Å². The molecule has 2 N–H and O–H groups in total. The zero-order valence-corrected chi connectivity index (χ0v) is 11.1. The average molecular weight is 255 g/mol. The Bertz CT molecular complexity index is 336. The van der Waals surface area contributed by atoms with Gasteiger partial charge in [0.25, 0.3) is 0 Å². The molecule has 0 spiro atoms. The molecular weight excluding hydrogens is 234 g/mol. The molecule has 4 heteroatoms. The summed E-state index contributed by atoms with van der Waals surface area (Å²) in [5, 5.41) is 12.4. The normalized spacial score (nSPS) is 17.3. The van der Waals surface area contributed by atoms with E-state index in [1.165, 1.54) is 12.8 Å². The van der Waals surface area contributed by atoms with Crippen molar-refractivity contribution in [2.75, 3.05) is 12.4 Å². The minimum absolute atomic E-state index is 0.266. The highest BCUT2D eigenvalue weighted by Crippen LogP contribution is 2.21. The summed E-state index contributed by atoms with van der Waals surface area (Å²) < 4.78 is 5.73. The first-order valence-corrected chi connectivity index (χ1v) is 7.43. The molecule has 3 nitrogen and oxygen atoms in total.